The van der Waals surface area contributed by atoms with Gasteiger partial charge in [-0.15, -0.1) is 0 Å². The molecule has 0 aromatic heterocycles. The van der Waals surface area contributed by atoms with Gasteiger partial charge in [0.05, 0.1) is 12.6 Å². The monoisotopic (exact) mass is 240 g/mol. The highest BCUT2D eigenvalue weighted by atomic mass is 15.0. The molecule has 100 valence electrons. The molecule has 0 saturated heterocycles. The third-order valence-corrected chi connectivity index (χ3v) is 2.86. The molecule has 4 heteroatoms. The van der Waals surface area contributed by atoms with E-state index in [0.717, 1.165) is 19.6 Å². The van der Waals surface area contributed by atoms with E-state index in [0.29, 0.717) is 5.92 Å². The van der Waals surface area contributed by atoms with Crippen LogP contribution in [0.15, 0.2) is 4.99 Å². The molecule has 0 aliphatic rings. The Hall–Kier alpha value is -0.700. The molecule has 0 spiro atoms. The van der Waals surface area contributed by atoms with Gasteiger partial charge in [-0.3, -0.25) is 0 Å². The van der Waals surface area contributed by atoms with Gasteiger partial charge in [0.25, 0.3) is 0 Å². The van der Waals surface area contributed by atoms with Crippen LogP contribution in [0.2, 0.25) is 0 Å². The van der Waals surface area contributed by atoms with Gasteiger partial charge in [-0.1, -0.05) is 0 Å². The molecule has 0 bridgehead atoms. The van der Waals surface area contributed by atoms with Crippen LogP contribution >= 0.6 is 0 Å². The van der Waals surface area contributed by atoms with Crippen molar-refractivity contribution in [2.45, 2.75) is 25.7 Å². The van der Waals surface area contributed by atoms with Gasteiger partial charge >= 0.3 is 0 Å². The van der Waals surface area contributed by atoms with Crippen molar-refractivity contribution in [2.75, 3.05) is 47.8 Å². The Bertz CT molecular complexity index is 205. The van der Waals surface area contributed by atoms with Crippen molar-refractivity contribution in [3.63, 3.8) is 0 Å². The number of hydrogen-bond acceptors (Lipinski definition) is 4. The van der Waals surface area contributed by atoms with E-state index in [-0.39, 0.29) is 0 Å². The standard InChI is InChI=1S/C13H28N4/c1-16(2)9-5-7-13(11-15-12-14)8-6-10-17(3)4/h13-14H,5-11H2,1-4H3. The van der Waals surface area contributed by atoms with E-state index in [1.807, 2.05) is 0 Å². The summed E-state index contributed by atoms with van der Waals surface area (Å²) in [5, 5.41) is 6.85. The van der Waals surface area contributed by atoms with Crippen LogP contribution in [0.25, 0.3) is 0 Å². The lowest BCUT2D eigenvalue weighted by Gasteiger charge is -2.17. The highest BCUT2D eigenvalue weighted by molar-refractivity contribution is 5.35. The van der Waals surface area contributed by atoms with Crippen LogP contribution in [0.1, 0.15) is 25.7 Å². The van der Waals surface area contributed by atoms with Crippen LogP contribution in [0, 0.1) is 11.3 Å². The maximum atomic E-state index is 6.85. The molecule has 0 saturated carbocycles. The Morgan fingerprint density at radius 2 is 1.47 bits per heavy atom. The van der Waals surface area contributed by atoms with Crippen LogP contribution in [0.3, 0.4) is 0 Å². The summed E-state index contributed by atoms with van der Waals surface area (Å²) in [6, 6.07) is 2.15. The second-order valence-electron chi connectivity index (χ2n) is 5.21. The third kappa shape index (κ3) is 11.6. The third-order valence-electron chi connectivity index (χ3n) is 2.86. The van der Waals surface area contributed by atoms with Crippen molar-refractivity contribution in [3.8, 4) is 0 Å². The Kier molecular flexibility index (Phi) is 10.0. The predicted octanol–water partition coefficient (Wildman–Crippen LogP) is 2.04. The lowest BCUT2D eigenvalue weighted by atomic mass is 9.97. The highest BCUT2D eigenvalue weighted by Crippen LogP contribution is 2.14. The van der Waals surface area contributed by atoms with Crippen molar-refractivity contribution >= 4 is 6.01 Å². The van der Waals surface area contributed by atoms with Crippen molar-refractivity contribution in [1.29, 1.82) is 5.41 Å². The molecule has 0 aromatic rings. The number of nitrogens with one attached hydrogen (secondary N) is 1. The minimum atomic E-state index is 0.618. The molecular formula is C13H28N4. The maximum Gasteiger partial charge on any atom is 0.0862 e. The van der Waals surface area contributed by atoms with Crippen LogP contribution in [0.4, 0.5) is 0 Å². The number of rotatable bonds is 10. The summed E-state index contributed by atoms with van der Waals surface area (Å²) in [7, 11) is 8.43. The van der Waals surface area contributed by atoms with Crippen LogP contribution in [0.5, 0.6) is 0 Å². The molecule has 0 rings (SSSR count). The lowest BCUT2D eigenvalue weighted by Crippen LogP contribution is -2.17. The largest absolute Gasteiger partial charge is 0.309 e. The van der Waals surface area contributed by atoms with Gasteiger partial charge < -0.3 is 9.80 Å². The van der Waals surface area contributed by atoms with Crippen molar-refractivity contribution in [2.24, 2.45) is 10.9 Å². The van der Waals surface area contributed by atoms with Gasteiger partial charge in [0.1, 0.15) is 0 Å². The first-order valence-electron chi connectivity index (χ1n) is 6.44. The Morgan fingerprint density at radius 3 is 1.82 bits per heavy atom. The first-order chi connectivity index (χ1) is 8.06. The van der Waals surface area contributed by atoms with Gasteiger partial charge in [0, 0.05) is 0 Å². The molecule has 17 heavy (non-hydrogen) atoms. The second-order valence-corrected chi connectivity index (χ2v) is 5.21. The first-order valence-corrected chi connectivity index (χ1v) is 6.44. The number of nitrogens with zero attached hydrogens (tertiary/aromatic N) is 3. The molecule has 0 radical (unpaired) electrons. The van der Waals surface area contributed by atoms with E-state index >= 15 is 0 Å². The summed E-state index contributed by atoms with van der Waals surface area (Å²) >= 11 is 0. The Morgan fingerprint density at radius 1 is 1.00 bits per heavy atom. The quantitative estimate of drug-likeness (QED) is 0.594. The molecule has 0 atom stereocenters. The van der Waals surface area contributed by atoms with E-state index in [1.54, 1.807) is 0 Å². The van der Waals surface area contributed by atoms with E-state index in [1.165, 1.54) is 25.7 Å². The molecule has 0 amide bonds. The van der Waals surface area contributed by atoms with E-state index in [4.69, 9.17) is 5.41 Å². The zero-order valence-electron chi connectivity index (χ0n) is 11.9. The molecule has 0 aliphatic heterocycles. The molecule has 1 N–H and O–H groups in total. The first kappa shape index (κ1) is 16.3. The van der Waals surface area contributed by atoms with Gasteiger partial charge in [-0.2, -0.15) is 0 Å². The maximum absolute atomic E-state index is 6.85. The molecule has 0 aliphatic carbocycles. The summed E-state index contributed by atoms with van der Waals surface area (Å²) in [4.78, 5) is 8.40. The van der Waals surface area contributed by atoms with Gasteiger partial charge in [0.15, 0.2) is 0 Å². The van der Waals surface area contributed by atoms with Crippen LogP contribution in [-0.4, -0.2) is 63.6 Å². The molecule has 4 nitrogen and oxygen atoms in total. The van der Waals surface area contributed by atoms with Crippen LogP contribution in [-0.2, 0) is 0 Å². The van der Waals surface area contributed by atoms with E-state index in [9.17, 15) is 0 Å². The summed E-state index contributed by atoms with van der Waals surface area (Å²) in [5.74, 6) is 0.618. The van der Waals surface area contributed by atoms with Gasteiger partial charge in [0.2, 0.25) is 0 Å². The van der Waals surface area contributed by atoms with E-state index in [2.05, 4.69) is 49.0 Å². The fourth-order valence-corrected chi connectivity index (χ4v) is 1.89. The Balaban J connectivity index is 3.83. The van der Waals surface area contributed by atoms with Gasteiger partial charge in [-0.25, -0.2) is 10.4 Å². The summed E-state index contributed by atoms with van der Waals surface area (Å²) in [5.41, 5.74) is 0. The van der Waals surface area contributed by atoms with Crippen molar-refractivity contribution in [1.82, 2.24) is 9.80 Å². The van der Waals surface area contributed by atoms with Gasteiger partial charge in [-0.05, 0) is 72.9 Å². The zero-order valence-corrected chi connectivity index (χ0v) is 11.9. The average molecular weight is 240 g/mol. The molecule has 0 unspecified atom stereocenters. The van der Waals surface area contributed by atoms with Crippen molar-refractivity contribution < 1.29 is 0 Å². The number of hydrogen-bond donors (Lipinski definition) is 1. The molecular weight excluding hydrogens is 212 g/mol. The minimum absolute atomic E-state index is 0.618. The SMILES string of the molecule is CN(C)CCCC(CCCN(C)C)CN=C=N. The minimum Gasteiger partial charge on any atom is -0.309 e. The number of aliphatic imine (C=N–C) groups is 1. The van der Waals surface area contributed by atoms with E-state index < -0.39 is 0 Å². The smallest absolute Gasteiger partial charge is 0.0862 e. The van der Waals surface area contributed by atoms with Crippen LogP contribution < -0.4 is 0 Å². The molecule has 0 aromatic carbocycles. The normalized spacial score (nSPS) is 11.2. The van der Waals surface area contributed by atoms with Crippen molar-refractivity contribution in [3.05, 3.63) is 0 Å². The average Bonchev–Trinajstić information content (AvgIpc) is 2.24. The molecule has 0 heterocycles. The summed E-state index contributed by atoms with van der Waals surface area (Å²) in [6.07, 6.45) is 4.84. The fraction of sp³-hybridized carbons (Fsp3) is 0.923. The Labute approximate surface area is 106 Å². The zero-order chi connectivity index (χ0) is 13.1. The summed E-state index contributed by atoms with van der Waals surface area (Å²) in [6.45, 7) is 3.04. The second kappa shape index (κ2) is 10.5. The fourth-order valence-electron chi connectivity index (χ4n) is 1.89. The molecule has 0 fully saturated rings. The summed E-state index contributed by atoms with van der Waals surface area (Å²) < 4.78 is 0. The highest BCUT2D eigenvalue weighted by Gasteiger charge is 2.08. The topological polar surface area (TPSA) is 42.7 Å². The lowest BCUT2D eigenvalue weighted by molar-refractivity contribution is 0.335. The predicted molar refractivity (Wildman–Crippen MR) is 74.1 cm³/mol.